The van der Waals surface area contributed by atoms with Crippen molar-refractivity contribution < 1.29 is 23.5 Å². The molecule has 188 valence electrons. The van der Waals surface area contributed by atoms with Crippen LogP contribution in [0.2, 0.25) is 0 Å². The number of urea groups is 1. The van der Waals surface area contributed by atoms with Crippen molar-refractivity contribution in [2.24, 2.45) is 0 Å². The molecule has 3 rings (SSSR count). The number of anilines is 1. The average Bonchev–Trinajstić information content (AvgIpc) is 3.38. The van der Waals surface area contributed by atoms with Crippen molar-refractivity contribution in [2.75, 3.05) is 25.0 Å². The summed E-state index contributed by atoms with van der Waals surface area (Å²) in [6.07, 6.45) is 1.54. The van der Waals surface area contributed by atoms with E-state index in [1.54, 1.807) is 54.3 Å². The summed E-state index contributed by atoms with van der Waals surface area (Å²) in [6.45, 7) is 6.31. The number of hydrogen-bond donors (Lipinski definition) is 1. The van der Waals surface area contributed by atoms with E-state index in [-0.39, 0.29) is 38.0 Å². The van der Waals surface area contributed by atoms with Gasteiger partial charge in [-0.1, -0.05) is 24.3 Å². The van der Waals surface area contributed by atoms with Crippen LogP contribution in [-0.4, -0.2) is 47.4 Å². The van der Waals surface area contributed by atoms with Gasteiger partial charge in [0.25, 0.3) is 0 Å². The Hall–Kier alpha value is -3.98. The molecule has 3 amide bonds. The summed E-state index contributed by atoms with van der Waals surface area (Å²) >= 11 is 1.53. The zero-order valence-electron chi connectivity index (χ0n) is 20.0. The zero-order chi connectivity index (χ0) is 25.9. The van der Waals surface area contributed by atoms with E-state index >= 15 is 0 Å². The summed E-state index contributed by atoms with van der Waals surface area (Å²) in [6, 6.07) is 15.6. The molecule has 0 aliphatic carbocycles. The third kappa shape index (κ3) is 7.78. The van der Waals surface area contributed by atoms with Crippen LogP contribution < -0.4 is 5.32 Å². The molecule has 36 heavy (non-hydrogen) atoms. The Morgan fingerprint density at radius 2 is 1.75 bits per heavy atom. The topological polar surface area (TPSA) is 79.0 Å². The molecule has 1 N–H and O–H groups in total. The summed E-state index contributed by atoms with van der Waals surface area (Å²) in [5.74, 6) is -1.05. The average molecular weight is 510 g/mol. The lowest BCUT2D eigenvalue weighted by Crippen LogP contribution is -2.44. The molecule has 1 heterocycles. The van der Waals surface area contributed by atoms with E-state index in [0.29, 0.717) is 17.8 Å². The fourth-order valence-corrected chi connectivity index (χ4v) is 4.10. The minimum atomic E-state index is -0.481. The first-order chi connectivity index (χ1) is 17.4. The summed E-state index contributed by atoms with van der Waals surface area (Å²) in [5, 5.41) is 4.68. The van der Waals surface area contributed by atoms with Crippen LogP contribution >= 0.6 is 11.3 Å². The maximum absolute atomic E-state index is 13.3. The van der Waals surface area contributed by atoms with Gasteiger partial charge in [0, 0.05) is 23.7 Å². The molecular weight excluding hydrogens is 481 g/mol. The predicted octanol–water partition coefficient (Wildman–Crippen LogP) is 5.31. The molecule has 0 fully saturated rings. The lowest BCUT2D eigenvalue weighted by Gasteiger charge is -2.27. The monoisotopic (exact) mass is 509 g/mol. The summed E-state index contributed by atoms with van der Waals surface area (Å²) in [5.41, 5.74) is 1.62. The normalized spacial score (nSPS) is 10.4. The van der Waals surface area contributed by atoms with Crippen LogP contribution in [0.1, 0.15) is 27.7 Å². The van der Waals surface area contributed by atoms with Gasteiger partial charge in [0.1, 0.15) is 12.4 Å². The van der Waals surface area contributed by atoms with Crippen LogP contribution in [0.15, 0.2) is 78.7 Å². The minimum absolute atomic E-state index is 0.155. The van der Waals surface area contributed by atoms with Crippen LogP contribution in [0.3, 0.4) is 0 Å². The largest absolute Gasteiger partial charge is 0.462 e. The van der Waals surface area contributed by atoms with Gasteiger partial charge in [0.2, 0.25) is 5.91 Å². The quantitative estimate of drug-likeness (QED) is 0.281. The van der Waals surface area contributed by atoms with Crippen LogP contribution in [0.4, 0.5) is 14.9 Å². The van der Waals surface area contributed by atoms with E-state index in [1.807, 2.05) is 17.5 Å². The Bertz CT molecular complexity index is 1160. The number of benzene rings is 2. The Morgan fingerprint density at radius 1 is 1.03 bits per heavy atom. The fourth-order valence-electron chi connectivity index (χ4n) is 3.38. The lowest BCUT2D eigenvalue weighted by atomic mass is 10.2. The molecule has 9 heteroatoms. The third-order valence-electron chi connectivity index (χ3n) is 5.18. The van der Waals surface area contributed by atoms with Gasteiger partial charge in [-0.3, -0.25) is 4.79 Å². The number of halogens is 1. The second-order valence-corrected chi connectivity index (χ2v) is 8.89. The molecule has 7 nitrogen and oxygen atoms in total. The first-order valence-electron chi connectivity index (χ1n) is 11.4. The second-order valence-electron chi connectivity index (χ2n) is 7.85. The molecule has 0 saturated carbocycles. The van der Waals surface area contributed by atoms with Gasteiger partial charge in [0.05, 0.1) is 18.7 Å². The second kappa shape index (κ2) is 13.2. The highest BCUT2D eigenvalue weighted by molar-refractivity contribution is 7.09. The Morgan fingerprint density at radius 3 is 2.36 bits per heavy atom. The molecule has 0 aliphatic rings. The molecule has 0 spiro atoms. The van der Waals surface area contributed by atoms with Crippen LogP contribution in [0.5, 0.6) is 0 Å². The number of nitrogens with one attached hydrogen (secondary N) is 1. The standard InChI is InChI=1S/C27H28FN3O4S/c1-3-15-30(27(34)29-23-13-9-21(10-14-23)26(33)35-4-2)19-25(32)31(18-24-6-5-16-36-24)17-20-7-11-22(28)12-8-20/h3,5-14,16H,1,4,15,17-19H2,2H3,(H,29,34). The van der Waals surface area contributed by atoms with E-state index in [9.17, 15) is 18.8 Å². The molecule has 3 aromatic rings. The number of amides is 3. The number of thiophene rings is 1. The van der Waals surface area contributed by atoms with Crippen molar-refractivity contribution in [1.29, 1.82) is 0 Å². The molecule has 1 aromatic heterocycles. The molecular formula is C27H28FN3O4S. The van der Waals surface area contributed by atoms with Crippen molar-refractivity contribution >= 4 is 34.9 Å². The summed E-state index contributed by atoms with van der Waals surface area (Å²) in [7, 11) is 0. The molecule has 0 aliphatic heterocycles. The molecule has 0 unspecified atom stereocenters. The molecule has 0 saturated heterocycles. The van der Waals surface area contributed by atoms with Gasteiger partial charge in [-0.25, -0.2) is 14.0 Å². The molecule has 0 radical (unpaired) electrons. The lowest BCUT2D eigenvalue weighted by molar-refractivity contribution is -0.132. The van der Waals surface area contributed by atoms with Gasteiger partial charge in [-0.2, -0.15) is 0 Å². The van der Waals surface area contributed by atoms with Crippen LogP contribution in [0.25, 0.3) is 0 Å². The maximum Gasteiger partial charge on any atom is 0.338 e. The Labute approximate surface area is 213 Å². The summed E-state index contributed by atoms with van der Waals surface area (Å²) in [4.78, 5) is 42.1. The number of hydrogen-bond acceptors (Lipinski definition) is 5. The van der Waals surface area contributed by atoms with Gasteiger partial charge in [-0.05, 0) is 60.3 Å². The van der Waals surface area contributed by atoms with Gasteiger partial charge in [0.15, 0.2) is 0 Å². The molecule has 0 bridgehead atoms. The molecule has 2 aromatic carbocycles. The first-order valence-corrected chi connectivity index (χ1v) is 12.3. The number of carbonyl (C=O) groups is 3. The third-order valence-corrected chi connectivity index (χ3v) is 6.04. The first kappa shape index (κ1) is 26.6. The highest BCUT2D eigenvalue weighted by Crippen LogP contribution is 2.16. The fraction of sp³-hybridized carbons (Fsp3) is 0.222. The van der Waals surface area contributed by atoms with E-state index in [4.69, 9.17) is 4.74 Å². The highest BCUT2D eigenvalue weighted by atomic mass is 32.1. The van der Waals surface area contributed by atoms with Crippen molar-refractivity contribution in [3.05, 3.63) is 101 Å². The Kier molecular flexibility index (Phi) is 9.76. The zero-order valence-corrected chi connectivity index (χ0v) is 20.8. The SMILES string of the molecule is C=CCN(CC(=O)N(Cc1ccc(F)cc1)Cc1cccs1)C(=O)Nc1ccc(C(=O)OCC)cc1. The van der Waals surface area contributed by atoms with E-state index in [0.717, 1.165) is 10.4 Å². The summed E-state index contributed by atoms with van der Waals surface area (Å²) < 4.78 is 18.3. The number of esters is 1. The number of nitrogens with zero attached hydrogens (tertiary/aromatic N) is 2. The van der Waals surface area contributed by atoms with E-state index < -0.39 is 12.0 Å². The van der Waals surface area contributed by atoms with E-state index in [2.05, 4.69) is 11.9 Å². The van der Waals surface area contributed by atoms with Crippen LogP contribution in [0, 0.1) is 5.82 Å². The van der Waals surface area contributed by atoms with E-state index in [1.165, 1.54) is 28.4 Å². The van der Waals surface area contributed by atoms with Crippen molar-refractivity contribution in [3.63, 3.8) is 0 Å². The Balaban J connectivity index is 1.70. The predicted molar refractivity (Wildman–Crippen MR) is 138 cm³/mol. The van der Waals surface area contributed by atoms with Gasteiger partial charge >= 0.3 is 12.0 Å². The van der Waals surface area contributed by atoms with Crippen molar-refractivity contribution in [2.45, 2.75) is 20.0 Å². The van der Waals surface area contributed by atoms with Crippen molar-refractivity contribution in [1.82, 2.24) is 9.80 Å². The number of carbonyl (C=O) groups excluding carboxylic acids is 3. The highest BCUT2D eigenvalue weighted by Gasteiger charge is 2.22. The number of rotatable bonds is 11. The molecule has 0 atom stereocenters. The van der Waals surface area contributed by atoms with Gasteiger partial charge < -0.3 is 19.9 Å². The van der Waals surface area contributed by atoms with Crippen LogP contribution in [-0.2, 0) is 22.6 Å². The van der Waals surface area contributed by atoms with Gasteiger partial charge in [-0.15, -0.1) is 17.9 Å². The smallest absolute Gasteiger partial charge is 0.338 e. The maximum atomic E-state index is 13.3. The number of ether oxygens (including phenoxy) is 1. The van der Waals surface area contributed by atoms with Crippen molar-refractivity contribution in [3.8, 4) is 0 Å². The minimum Gasteiger partial charge on any atom is -0.462 e.